The van der Waals surface area contributed by atoms with Crippen LogP contribution in [0.1, 0.15) is 36.6 Å². The molecule has 2 aliphatic heterocycles. The van der Waals surface area contributed by atoms with Crippen LogP contribution in [0.25, 0.3) is 0 Å². The summed E-state index contributed by atoms with van der Waals surface area (Å²) in [6, 6.07) is 5.05. The molecule has 2 aliphatic rings. The van der Waals surface area contributed by atoms with Crippen LogP contribution in [0.15, 0.2) is 22.7 Å². The number of likely N-dealkylation sites (tertiary alicyclic amines) is 1. The van der Waals surface area contributed by atoms with Gasteiger partial charge in [0.2, 0.25) is 5.91 Å². The molecule has 2 heterocycles. The monoisotopic (exact) mass is 400 g/mol. The van der Waals surface area contributed by atoms with Gasteiger partial charge in [0.1, 0.15) is 11.2 Å². The van der Waals surface area contributed by atoms with Crippen LogP contribution in [0.3, 0.4) is 0 Å². The van der Waals surface area contributed by atoms with Crippen molar-refractivity contribution in [2.24, 2.45) is 0 Å². The third kappa shape index (κ3) is 4.28. The van der Waals surface area contributed by atoms with E-state index in [0.29, 0.717) is 10.2 Å². The van der Waals surface area contributed by atoms with Crippen LogP contribution in [0.4, 0.5) is 4.39 Å². The zero-order chi connectivity index (χ0) is 16.2. The summed E-state index contributed by atoms with van der Waals surface area (Å²) in [5.41, 5.74) is 0.993. The van der Waals surface area contributed by atoms with Gasteiger partial charge >= 0.3 is 0 Å². The van der Waals surface area contributed by atoms with E-state index in [1.807, 2.05) is 4.90 Å². The minimum atomic E-state index is -0.264. The molecule has 0 saturated carbocycles. The first kappa shape index (κ1) is 17.2. The second-order valence-corrected chi connectivity index (χ2v) is 8.10. The molecule has 1 aromatic carbocycles. The molecule has 1 amide bonds. The summed E-state index contributed by atoms with van der Waals surface area (Å²) in [5, 5.41) is 0.0146. The summed E-state index contributed by atoms with van der Waals surface area (Å²) in [5.74, 6) is 0.447. The van der Waals surface area contributed by atoms with E-state index in [2.05, 4.69) is 20.8 Å². The molecule has 2 fully saturated rings. The third-order valence-corrected chi connectivity index (χ3v) is 6.38. The highest BCUT2D eigenvalue weighted by molar-refractivity contribution is 9.10. The lowest BCUT2D eigenvalue weighted by Crippen LogP contribution is -2.34. The maximum atomic E-state index is 13.4. The van der Waals surface area contributed by atoms with Crippen LogP contribution in [0.2, 0.25) is 0 Å². The van der Waals surface area contributed by atoms with E-state index >= 15 is 0 Å². The van der Waals surface area contributed by atoms with Crippen molar-refractivity contribution in [1.82, 2.24) is 9.80 Å². The first-order chi connectivity index (χ1) is 11.1. The molecule has 3 rings (SSSR count). The molecule has 0 spiro atoms. The molecule has 0 aliphatic carbocycles. The van der Waals surface area contributed by atoms with Crippen LogP contribution < -0.4 is 0 Å². The van der Waals surface area contributed by atoms with Crippen LogP contribution in [0, 0.1) is 5.82 Å². The summed E-state index contributed by atoms with van der Waals surface area (Å²) >= 11 is 4.87. The van der Waals surface area contributed by atoms with Gasteiger partial charge in [-0.2, -0.15) is 0 Å². The maximum Gasteiger partial charge on any atom is 0.233 e. The molecule has 1 atom stereocenters. The second-order valence-electron chi connectivity index (χ2n) is 6.18. The fourth-order valence-corrected chi connectivity index (χ4v) is 4.89. The average Bonchev–Trinajstić information content (AvgIpc) is 2.92. The van der Waals surface area contributed by atoms with Crippen LogP contribution in [0.5, 0.6) is 0 Å². The number of rotatable bonds is 5. The normalized spacial score (nSPS) is 22.8. The van der Waals surface area contributed by atoms with E-state index in [-0.39, 0.29) is 17.1 Å². The fourth-order valence-electron chi connectivity index (χ4n) is 3.29. The average molecular weight is 401 g/mol. The van der Waals surface area contributed by atoms with Gasteiger partial charge in [0, 0.05) is 6.54 Å². The van der Waals surface area contributed by atoms with Gasteiger partial charge in [0.05, 0.1) is 10.2 Å². The first-order valence-electron chi connectivity index (χ1n) is 8.23. The number of amides is 1. The van der Waals surface area contributed by atoms with E-state index < -0.39 is 0 Å². The fraction of sp³-hybridized carbons (Fsp3) is 0.588. The Labute approximate surface area is 149 Å². The Kier molecular flexibility index (Phi) is 5.99. The number of carbonyl (C=O) groups excluding carboxylic acids is 1. The van der Waals surface area contributed by atoms with Crippen molar-refractivity contribution >= 4 is 33.6 Å². The summed E-state index contributed by atoms with van der Waals surface area (Å²) in [4.78, 5) is 16.7. The van der Waals surface area contributed by atoms with Crippen molar-refractivity contribution in [2.45, 2.75) is 31.1 Å². The summed E-state index contributed by atoms with van der Waals surface area (Å²) in [7, 11) is 0. The minimum absolute atomic E-state index is 0.0146. The highest BCUT2D eigenvalue weighted by atomic mass is 79.9. The van der Waals surface area contributed by atoms with Gasteiger partial charge in [0.15, 0.2) is 0 Å². The first-order valence-corrected chi connectivity index (χ1v) is 10.1. The van der Waals surface area contributed by atoms with Crippen molar-refractivity contribution in [1.29, 1.82) is 0 Å². The molecular formula is C17H22BrFN2OS. The Morgan fingerprint density at radius 1 is 1.22 bits per heavy atom. The standard InChI is InChI=1S/C17H22BrFN2OS/c18-14-11-13(5-6-15(14)19)17-21(16(22)12-23-17)10-4-9-20-7-2-1-3-8-20/h5-6,11,17H,1-4,7-10,12H2. The van der Waals surface area contributed by atoms with E-state index in [1.165, 1.54) is 38.4 Å². The summed E-state index contributed by atoms with van der Waals surface area (Å²) in [6.07, 6.45) is 4.94. The van der Waals surface area contributed by atoms with Crippen molar-refractivity contribution < 1.29 is 9.18 Å². The zero-order valence-corrected chi connectivity index (χ0v) is 15.5. The van der Waals surface area contributed by atoms with E-state index in [1.54, 1.807) is 23.9 Å². The van der Waals surface area contributed by atoms with Crippen molar-refractivity contribution in [3.63, 3.8) is 0 Å². The summed E-state index contributed by atoms with van der Waals surface area (Å²) < 4.78 is 13.9. The number of piperidine rings is 1. The van der Waals surface area contributed by atoms with E-state index in [9.17, 15) is 9.18 Å². The minimum Gasteiger partial charge on any atom is -0.326 e. The number of carbonyl (C=O) groups is 1. The molecule has 6 heteroatoms. The molecule has 1 aromatic rings. The zero-order valence-electron chi connectivity index (χ0n) is 13.1. The number of benzene rings is 1. The molecule has 1 unspecified atom stereocenters. The second kappa shape index (κ2) is 7.99. The molecule has 2 saturated heterocycles. The van der Waals surface area contributed by atoms with Gasteiger partial charge in [0.25, 0.3) is 0 Å². The van der Waals surface area contributed by atoms with Gasteiger partial charge in [-0.05, 0) is 72.5 Å². The topological polar surface area (TPSA) is 23.6 Å². The number of hydrogen-bond donors (Lipinski definition) is 0. The molecule has 126 valence electrons. The van der Waals surface area contributed by atoms with Crippen molar-refractivity contribution in [2.75, 3.05) is 31.9 Å². The highest BCUT2D eigenvalue weighted by Crippen LogP contribution is 2.39. The van der Waals surface area contributed by atoms with Crippen molar-refractivity contribution in [3.05, 3.63) is 34.1 Å². The van der Waals surface area contributed by atoms with Crippen molar-refractivity contribution in [3.8, 4) is 0 Å². The smallest absolute Gasteiger partial charge is 0.233 e. The van der Waals surface area contributed by atoms with E-state index in [0.717, 1.165) is 25.1 Å². The lowest BCUT2D eigenvalue weighted by Gasteiger charge is -2.29. The Morgan fingerprint density at radius 2 is 2.00 bits per heavy atom. The van der Waals surface area contributed by atoms with Crippen LogP contribution >= 0.6 is 27.7 Å². The van der Waals surface area contributed by atoms with Gasteiger partial charge in [-0.15, -0.1) is 11.8 Å². The number of halogens is 2. The number of nitrogens with zero attached hydrogens (tertiary/aromatic N) is 2. The van der Waals surface area contributed by atoms with Crippen LogP contribution in [-0.2, 0) is 4.79 Å². The third-order valence-electron chi connectivity index (χ3n) is 4.52. The molecular weight excluding hydrogens is 379 g/mol. The SMILES string of the molecule is O=C1CSC(c2ccc(F)c(Br)c2)N1CCCN1CCCCC1. The predicted molar refractivity (Wildman–Crippen MR) is 95.9 cm³/mol. The largest absolute Gasteiger partial charge is 0.326 e. The summed E-state index contributed by atoms with van der Waals surface area (Å²) in [6.45, 7) is 4.23. The van der Waals surface area contributed by atoms with Gasteiger partial charge in [-0.1, -0.05) is 12.5 Å². The number of thioether (sulfide) groups is 1. The molecule has 23 heavy (non-hydrogen) atoms. The van der Waals surface area contributed by atoms with Gasteiger partial charge < -0.3 is 9.80 Å². The maximum absolute atomic E-state index is 13.4. The van der Waals surface area contributed by atoms with Crippen LogP contribution in [-0.4, -0.2) is 47.6 Å². The molecule has 0 N–H and O–H groups in total. The predicted octanol–water partition coefficient (Wildman–Crippen LogP) is 4.04. The molecule has 0 bridgehead atoms. The number of hydrogen-bond acceptors (Lipinski definition) is 3. The molecule has 3 nitrogen and oxygen atoms in total. The molecule has 0 radical (unpaired) electrons. The van der Waals surface area contributed by atoms with E-state index in [4.69, 9.17) is 0 Å². The highest BCUT2D eigenvalue weighted by Gasteiger charge is 2.32. The Morgan fingerprint density at radius 3 is 2.74 bits per heavy atom. The van der Waals surface area contributed by atoms with Gasteiger partial charge in [-0.25, -0.2) is 4.39 Å². The molecule has 0 aromatic heterocycles. The Hall–Kier alpha value is -0.590. The Bertz CT molecular complexity index is 566. The Balaban J connectivity index is 1.59. The van der Waals surface area contributed by atoms with Gasteiger partial charge in [-0.3, -0.25) is 4.79 Å². The lowest BCUT2D eigenvalue weighted by atomic mass is 10.1. The lowest BCUT2D eigenvalue weighted by molar-refractivity contribution is -0.128. The quantitative estimate of drug-likeness (QED) is 0.744.